The average Bonchev–Trinajstić information content (AvgIpc) is 3.39. The Morgan fingerprint density at radius 3 is 2.83 bits per heavy atom. The molecule has 0 aliphatic carbocycles. The van der Waals surface area contributed by atoms with E-state index in [1.54, 1.807) is 18.2 Å². The van der Waals surface area contributed by atoms with Crippen LogP contribution in [0.2, 0.25) is 0 Å². The average molecular weight is 387 g/mol. The van der Waals surface area contributed by atoms with E-state index in [-0.39, 0.29) is 0 Å². The van der Waals surface area contributed by atoms with Gasteiger partial charge in [-0.15, -0.1) is 5.10 Å². The molecule has 3 N–H and O–H groups in total. The first-order valence-electron chi connectivity index (χ1n) is 9.17. The van der Waals surface area contributed by atoms with Gasteiger partial charge in [-0.2, -0.15) is 14.6 Å². The fraction of sp³-hybridized carbons (Fsp3) is 0.150. The quantitative estimate of drug-likeness (QED) is 0.536. The Hall–Kier alpha value is -4.01. The number of carbonyl (C=O) groups is 1. The van der Waals surface area contributed by atoms with Crippen LogP contribution in [0.1, 0.15) is 21.5 Å². The second-order valence-electron chi connectivity index (χ2n) is 6.63. The molecule has 4 aromatic rings. The van der Waals surface area contributed by atoms with Gasteiger partial charge in [0, 0.05) is 13.0 Å². The molecule has 9 heteroatoms. The number of amides is 1. The van der Waals surface area contributed by atoms with Gasteiger partial charge in [-0.3, -0.25) is 4.79 Å². The van der Waals surface area contributed by atoms with Crippen molar-refractivity contribution in [2.45, 2.75) is 13.0 Å². The Balaban J connectivity index is 1.57. The van der Waals surface area contributed by atoms with Crippen molar-refractivity contribution in [3.8, 4) is 11.8 Å². The van der Waals surface area contributed by atoms with Gasteiger partial charge in [0.05, 0.1) is 23.3 Å². The molecular weight excluding hydrogens is 370 g/mol. The standard InChI is InChI=1S/C20H17N7O2/c21-17(28)13-7-4-8-15-16(13)25-26-27(15)20-23-18(14-9-10-29-19(14)24-20)22-11-12-5-2-1-3-6-12/h1-8H,9-11H2,(H2,21,28)(H,22,23,24). The molecule has 5 rings (SSSR count). The van der Waals surface area contributed by atoms with E-state index in [1.807, 2.05) is 30.3 Å². The zero-order valence-electron chi connectivity index (χ0n) is 15.4. The maximum Gasteiger partial charge on any atom is 0.257 e. The van der Waals surface area contributed by atoms with Crippen molar-refractivity contribution in [3.63, 3.8) is 0 Å². The Morgan fingerprint density at radius 1 is 1.14 bits per heavy atom. The van der Waals surface area contributed by atoms with Crippen molar-refractivity contribution in [3.05, 3.63) is 65.2 Å². The molecule has 29 heavy (non-hydrogen) atoms. The lowest BCUT2D eigenvalue weighted by molar-refractivity contribution is 0.100. The number of nitrogens with two attached hydrogens (primary N) is 1. The summed E-state index contributed by atoms with van der Waals surface area (Å²) >= 11 is 0. The summed E-state index contributed by atoms with van der Waals surface area (Å²) in [7, 11) is 0. The minimum absolute atomic E-state index is 0.300. The van der Waals surface area contributed by atoms with Gasteiger partial charge < -0.3 is 15.8 Å². The van der Waals surface area contributed by atoms with E-state index in [2.05, 4.69) is 25.6 Å². The molecule has 0 unspecified atom stereocenters. The van der Waals surface area contributed by atoms with Gasteiger partial charge in [-0.1, -0.05) is 41.6 Å². The molecule has 1 amide bonds. The van der Waals surface area contributed by atoms with Crippen molar-refractivity contribution >= 4 is 22.8 Å². The van der Waals surface area contributed by atoms with Gasteiger partial charge in [0.15, 0.2) is 0 Å². The lowest BCUT2D eigenvalue weighted by Gasteiger charge is -2.11. The SMILES string of the molecule is NC(=O)c1cccc2c1nnn2-c1nc(NCc2ccccc2)c2c(n1)OCC2. The smallest absolute Gasteiger partial charge is 0.257 e. The summed E-state index contributed by atoms with van der Waals surface area (Å²) in [5, 5.41) is 11.6. The van der Waals surface area contributed by atoms with E-state index in [9.17, 15) is 4.79 Å². The third kappa shape index (κ3) is 3.02. The Kier molecular flexibility index (Phi) is 4.05. The zero-order chi connectivity index (χ0) is 19.8. The van der Waals surface area contributed by atoms with E-state index in [0.29, 0.717) is 47.4 Å². The summed E-state index contributed by atoms with van der Waals surface area (Å²) < 4.78 is 7.16. The van der Waals surface area contributed by atoms with Crippen LogP contribution >= 0.6 is 0 Å². The molecule has 1 aliphatic heterocycles. The second-order valence-corrected chi connectivity index (χ2v) is 6.63. The second kappa shape index (κ2) is 6.86. The number of nitrogens with zero attached hydrogens (tertiary/aromatic N) is 5. The van der Waals surface area contributed by atoms with Crippen LogP contribution in [0.5, 0.6) is 5.88 Å². The first-order valence-corrected chi connectivity index (χ1v) is 9.17. The highest BCUT2D eigenvalue weighted by atomic mass is 16.5. The van der Waals surface area contributed by atoms with Crippen LogP contribution in [0.4, 0.5) is 5.82 Å². The Morgan fingerprint density at radius 2 is 2.00 bits per heavy atom. The minimum Gasteiger partial charge on any atom is -0.477 e. The van der Waals surface area contributed by atoms with E-state index >= 15 is 0 Å². The molecule has 0 saturated carbocycles. The Bertz CT molecular complexity index is 1220. The van der Waals surface area contributed by atoms with Crippen LogP contribution in [0.25, 0.3) is 17.0 Å². The topological polar surface area (TPSA) is 121 Å². The Labute approximate surface area is 165 Å². The third-order valence-electron chi connectivity index (χ3n) is 4.78. The van der Waals surface area contributed by atoms with Crippen molar-refractivity contribution < 1.29 is 9.53 Å². The van der Waals surface area contributed by atoms with Gasteiger partial charge in [0.2, 0.25) is 5.88 Å². The van der Waals surface area contributed by atoms with Crippen molar-refractivity contribution in [1.29, 1.82) is 0 Å². The molecule has 3 heterocycles. The maximum atomic E-state index is 11.7. The van der Waals surface area contributed by atoms with Gasteiger partial charge >= 0.3 is 0 Å². The van der Waals surface area contributed by atoms with Gasteiger partial charge in [0.1, 0.15) is 11.3 Å². The number of nitrogens with one attached hydrogen (secondary N) is 1. The summed E-state index contributed by atoms with van der Waals surface area (Å²) in [6.45, 7) is 1.17. The molecular formula is C20H17N7O2. The van der Waals surface area contributed by atoms with Gasteiger partial charge in [-0.05, 0) is 17.7 Å². The van der Waals surface area contributed by atoms with Crippen LogP contribution < -0.4 is 15.8 Å². The molecule has 144 valence electrons. The van der Waals surface area contributed by atoms with Crippen molar-refractivity contribution in [1.82, 2.24) is 25.0 Å². The highest BCUT2D eigenvalue weighted by molar-refractivity contribution is 6.04. The van der Waals surface area contributed by atoms with E-state index in [1.165, 1.54) is 4.68 Å². The first-order chi connectivity index (χ1) is 14.2. The predicted molar refractivity (Wildman–Crippen MR) is 106 cm³/mol. The number of anilines is 1. The minimum atomic E-state index is -0.564. The van der Waals surface area contributed by atoms with Gasteiger partial charge in [0.25, 0.3) is 11.9 Å². The largest absolute Gasteiger partial charge is 0.477 e. The summed E-state index contributed by atoms with van der Waals surface area (Å²) in [4.78, 5) is 20.8. The number of primary amides is 1. The van der Waals surface area contributed by atoms with Crippen molar-refractivity contribution in [2.24, 2.45) is 5.73 Å². The highest BCUT2D eigenvalue weighted by Crippen LogP contribution is 2.30. The van der Waals surface area contributed by atoms with E-state index in [4.69, 9.17) is 10.5 Å². The zero-order valence-corrected chi connectivity index (χ0v) is 15.4. The number of benzene rings is 2. The molecule has 0 bridgehead atoms. The molecule has 2 aromatic heterocycles. The molecule has 1 aliphatic rings. The molecule has 0 saturated heterocycles. The lowest BCUT2D eigenvalue weighted by atomic mass is 10.2. The number of rotatable bonds is 5. The number of hydrogen-bond donors (Lipinski definition) is 2. The molecule has 0 radical (unpaired) electrons. The normalized spacial score (nSPS) is 12.6. The lowest BCUT2D eigenvalue weighted by Crippen LogP contribution is -2.11. The fourth-order valence-corrected chi connectivity index (χ4v) is 3.36. The summed E-state index contributed by atoms with van der Waals surface area (Å²) in [5.74, 6) is 0.970. The highest BCUT2D eigenvalue weighted by Gasteiger charge is 2.23. The van der Waals surface area contributed by atoms with Crippen LogP contribution in [-0.2, 0) is 13.0 Å². The number of fused-ring (bicyclic) bond motifs is 2. The molecule has 9 nitrogen and oxygen atoms in total. The monoisotopic (exact) mass is 387 g/mol. The maximum absolute atomic E-state index is 11.7. The molecule has 2 aromatic carbocycles. The van der Waals surface area contributed by atoms with Crippen molar-refractivity contribution in [2.75, 3.05) is 11.9 Å². The molecule has 0 spiro atoms. The van der Waals surface area contributed by atoms with Crippen LogP contribution in [0.15, 0.2) is 48.5 Å². The summed E-state index contributed by atoms with van der Waals surface area (Å²) in [6.07, 6.45) is 0.733. The number of hydrogen-bond acceptors (Lipinski definition) is 7. The summed E-state index contributed by atoms with van der Waals surface area (Å²) in [6, 6.07) is 15.2. The van der Waals surface area contributed by atoms with E-state index in [0.717, 1.165) is 17.5 Å². The van der Waals surface area contributed by atoms with E-state index < -0.39 is 5.91 Å². The number of carbonyl (C=O) groups excluding carboxylic acids is 1. The molecule has 0 fully saturated rings. The molecule has 0 atom stereocenters. The van der Waals surface area contributed by atoms with Crippen LogP contribution in [-0.4, -0.2) is 37.5 Å². The summed E-state index contributed by atoms with van der Waals surface area (Å²) in [5.41, 5.74) is 8.81. The third-order valence-corrected chi connectivity index (χ3v) is 4.78. The first kappa shape index (κ1) is 17.1. The van der Waals surface area contributed by atoms with Crippen LogP contribution in [0.3, 0.4) is 0 Å². The van der Waals surface area contributed by atoms with Gasteiger partial charge in [-0.25, -0.2) is 0 Å². The number of ether oxygens (including phenoxy) is 1. The van der Waals surface area contributed by atoms with Crippen LogP contribution in [0, 0.1) is 0 Å². The number of aromatic nitrogens is 5. The fourth-order valence-electron chi connectivity index (χ4n) is 3.36. The predicted octanol–water partition coefficient (Wildman–Crippen LogP) is 1.86.